The second-order valence-electron chi connectivity index (χ2n) is 30.0. The molecule has 661 valence electrons. The molecule has 40 heteroatoms. The largest absolute Gasteiger partial charge is 0.346 e. The second kappa shape index (κ2) is 43.8. The number of hydrogen-bond donors (Lipinski definition) is 4. The first kappa shape index (κ1) is 102. The third-order valence-electron chi connectivity index (χ3n) is 18.9. The van der Waals surface area contributed by atoms with Crippen molar-refractivity contribution in [3.63, 3.8) is 0 Å². The molecule has 126 heavy (non-hydrogen) atoms. The van der Waals surface area contributed by atoms with Crippen LogP contribution in [-0.4, -0.2) is 157 Å². The number of fused-ring (bicyclic) bond motifs is 5. The van der Waals surface area contributed by atoms with Crippen LogP contribution in [0.5, 0.6) is 0 Å². The number of aryl methyl sites for hydroxylation is 5. The van der Waals surface area contributed by atoms with Gasteiger partial charge in [0.15, 0.2) is 22.6 Å². The fourth-order valence-electron chi connectivity index (χ4n) is 11.8. The van der Waals surface area contributed by atoms with Crippen LogP contribution in [0.2, 0.25) is 0 Å². The van der Waals surface area contributed by atoms with Crippen LogP contribution in [0.15, 0.2) is 289 Å². The Labute approximate surface area is 757 Å². The van der Waals surface area contributed by atoms with Gasteiger partial charge in [-0.1, -0.05) is 95.9 Å². The van der Waals surface area contributed by atoms with Gasteiger partial charge in [0.25, 0.3) is 49.1 Å². The van der Waals surface area contributed by atoms with Crippen LogP contribution in [0, 0.1) is 34.6 Å². The molecule has 0 aliphatic carbocycles. The fraction of sp³-hybridized carbons (Fsp3) is 0.244. The molecule has 0 unspecified atom stereocenters. The Morgan fingerprint density at radius 2 is 0.786 bits per heavy atom. The molecule has 28 nitrogen and oxygen atoms in total. The van der Waals surface area contributed by atoms with Gasteiger partial charge in [-0.2, -0.15) is 0 Å². The summed E-state index contributed by atoms with van der Waals surface area (Å²) in [7, 11) is -12.0. The minimum Gasteiger partial charge on any atom is -0.346 e. The van der Waals surface area contributed by atoms with Crippen molar-refractivity contribution in [1.82, 2.24) is 45.8 Å². The van der Waals surface area contributed by atoms with E-state index in [4.69, 9.17) is 34.0 Å². The summed E-state index contributed by atoms with van der Waals surface area (Å²) in [5.74, 6) is 0. The van der Waals surface area contributed by atoms with Crippen LogP contribution >= 0.6 is 39.4 Å². The van der Waals surface area contributed by atoms with Gasteiger partial charge in [0, 0.05) is 133 Å². The maximum Gasteiger partial charge on any atom is 0.137 e. The van der Waals surface area contributed by atoms with Crippen LogP contribution in [0.3, 0.4) is 0 Å². The van der Waals surface area contributed by atoms with E-state index in [1.807, 2.05) is 146 Å². The zero-order valence-electron chi connectivity index (χ0n) is 71.0. The number of hydrogen-bond acceptors (Lipinski definition) is 24. The van der Waals surface area contributed by atoms with E-state index in [0.717, 1.165) is 53.6 Å². The van der Waals surface area contributed by atoms with E-state index in [2.05, 4.69) is 70.6 Å². The maximum absolute atomic E-state index is 13.3. The van der Waals surface area contributed by atoms with E-state index in [0.29, 0.717) is 37.6 Å². The monoisotopic (exact) mass is 1910 g/mol. The number of nitrogens with zero attached hydrogens (tertiary/aromatic N) is 10. The van der Waals surface area contributed by atoms with Crippen molar-refractivity contribution < 1.29 is 75.4 Å². The standard InChI is InChI=1S/C20H23BN2O4S.C14H13BN2O4S.C14H11BrN2O2S.C14H12N2O2S.C9H21BO3.C7H7ClO2S.C7H6N2.CH4.BHNS/c1-14-8-10-15(11-9-14)28(24,25)23-13-17(16-7-6-12-22-18(16)23)21-26-19(2,3)20(4,5)27-21;1-10-4-6-11(7-5-10)22(20,21)17-9-13(15(18)19)12-3-2-8-16-14(12)17;1-10-4-6-11(7-5-10)20(18,19)17-9-13(15)12-3-2-8-16-14(12)17;1-11-4-6-13(7-5-11)19(17,18)16-10-8-12-3-2-9-15-14(12)16;1-7(2)11-10(12-8(3)4)13-9(5)6;1-6-2-4-7(5-3-6)11(8,9)10;1-2-6-3-5-9-7(6)8-4-1;;1-2-3/h6-13H,1-5H3;2-9,18-19H,1H3;2-9H,1H3;2-10H,1H3;7-9H,1-6H3;2-5H,1H3;1-5H,(H,8,9);1H4;3H. The van der Waals surface area contributed by atoms with Gasteiger partial charge in [-0.15, -0.1) is 0 Å². The summed E-state index contributed by atoms with van der Waals surface area (Å²) in [6, 6.07) is 54.9. The summed E-state index contributed by atoms with van der Waals surface area (Å²) >= 11 is 6.56. The predicted molar refractivity (Wildman–Crippen MR) is 506 cm³/mol. The minimum absolute atomic E-state index is 0. The number of rotatable bonds is 17. The summed E-state index contributed by atoms with van der Waals surface area (Å²) in [5, 5.41) is 22.7. The van der Waals surface area contributed by atoms with E-state index in [1.165, 1.54) is 61.0 Å². The molecule has 1 fully saturated rings. The van der Waals surface area contributed by atoms with Gasteiger partial charge in [-0.3, -0.25) is 0 Å². The molecule has 1 saturated heterocycles. The van der Waals surface area contributed by atoms with Crippen molar-refractivity contribution in [3.8, 4) is 0 Å². The molecule has 11 heterocycles. The Balaban J connectivity index is 0.000000185. The van der Waals surface area contributed by atoms with Crippen LogP contribution in [0.4, 0.5) is 0 Å². The molecule has 1 radical (unpaired) electrons. The van der Waals surface area contributed by atoms with Gasteiger partial charge in [0.2, 0.25) is 0 Å². The van der Waals surface area contributed by atoms with E-state index in [1.54, 1.807) is 164 Å². The summed E-state index contributed by atoms with van der Waals surface area (Å²) in [6.07, 6.45) is 16.0. The summed E-state index contributed by atoms with van der Waals surface area (Å²) in [5.41, 5.74) is 7.02. The summed E-state index contributed by atoms with van der Waals surface area (Å²) in [6.45, 7) is 29.1. The second-order valence-corrected chi connectivity index (χ2v) is 41.0. The number of nitrogens with one attached hydrogen (secondary N) is 1. The molecule has 3 N–H and O–H groups in total. The molecule has 15 aromatic rings. The first-order valence-corrected chi connectivity index (χ1v) is 48.0. The topological polar surface area (TPSA) is 370 Å². The van der Waals surface area contributed by atoms with Gasteiger partial charge in [0.05, 0.1) is 35.7 Å². The molecule has 0 spiro atoms. The molecular formula is C86H98B4BrClN11O17S6. The average molecular weight is 1910 g/mol. The molecule has 16 rings (SSSR count). The normalized spacial score (nSPS) is 12.9. The van der Waals surface area contributed by atoms with Crippen molar-refractivity contribution in [3.05, 3.63) is 288 Å². The molecule has 1 aliphatic heterocycles. The molecular weight excluding hydrogens is 1810 g/mol. The molecule has 1 aliphatic rings. The van der Waals surface area contributed by atoms with Crippen LogP contribution in [0.1, 0.15) is 104 Å². The van der Waals surface area contributed by atoms with Crippen LogP contribution in [-0.2, 0) is 72.4 Å². The Morgan fingerprint density at radius 1 is 0.460 bits per heavy atom. The number of thiol groups is 1. The maximum atomic E-state index is 13.3. The van der Waals surface area contributed by atoms with Gasteiger partial charge < -0.3 is 38.3 Å². The first-order valence-electron chi connectivity index (χ1n) is 38.7. The number of H-pyrrole nitrogens is 1. The van der Waals surface area contributed by atoms with Gasteiger partial charge >= 0.3 is 46.3 Å². The SMILES string of the molecule is C.CC(C)OB(OC(C)C)OC(C)C.Cc1ccc(S(=O)(=O)Cl)cc1.Cc1ccc(S(=O)(=O)n2cc(B(O)O)c3cccnc32)cc1.Cc1ccc(S(=O)(=O)n2cc(B3OC(C)(C)C(C)(C)O3)c3cccnc32)cc1.Cc1ccc(S(=O)(=O)n2cc(Br)c3cccnc32)cc1.Cc1ccc(S(=O)(=O)n2ccc3cccnc32)cc1.[B]=NS.c1cnc2[nH]ccc2c1. The zero-order valence-corrected chi connectivity index (χ0v) is 78.3. The van der Waals surface area contributed by atoms with E-state index in [-0.39, 0.29) is 61.3 Å². The first-order chi connectivity index (χ1) is 58.8. The Bertz CT molecular complexity index is 6730. The Hall–Kier alpha value is -9.80. The molecule has 5 aromatic carbocycles. The van der Waals surface area contributed by atoms with E-state index in [9.17, 15) is 52.1 Å². The van der Waals surface area contributed by atoms with Gasteiger partial charge in [-0.05, 0) is 253 Å². The van der Waals surface area contributed by atoms with Crippen molar-refractivity contribution in [2.45, 2.75) is 165 Å². The number of aromatic amines is 1. The summed E-state index contributed by atoms with van der Waals surface area (Å²) < 4.78 is 161. The van der Waals surface area contributed by atoms with E-state index >= 15 is 0 Å². The van der Waals surface area contributed by atoms with Gasteiger partial charge in [0.1, 0.15) is 5.65 Å². The van der Waals surface area contributed by atoms with E-state index < -0.39 is 81.9 Å². The minimum atomic E-state index is -3.86. The third kappa shape index (κ3) is 25.6. The van der Waals surface area contributed by atoms with Crippen molar-refractivity contribution in [1.29, 1.82) is 0 Å². The Morgan fingerprint density at radius 3 is 1.17 bits per heavy atom. The zero-order chi connectivity index (χ0) is 91.7. The fourth-order valence-corrected chi connectivity index (χ4v) is 18.5. The number of pyridine rings is 5. The number of halogens is 2. The van der Waals surface area contributed by atoms with Crippen LogP contribution in [0.25, 0.3) is 55.2 Å². The molecule has 0 saturated carbocycles. The van der Waals surface area contributed by atoms with Crippen molar-refractivity contribution >= 4 is 184 Å². The average Bonchev–Trinajstić information content (AvgIpc) is 1.59. The summed E-state index contributed by atoms with van der Waals surface area (Å²) in [4.78, 5) is 24.8. The van der Waals surface area contributed by atoms with Crippen LogP contribution < -0.4 is 10.9 Å². The van der Waals surface area contributed by atoms with Crippen molar-refractivity contribution in [2.75, 3.05) is 0 Å². The smallest absolute Gasteiger partial charge is 0.137 e. The molecule has 10 aromatic heterocycles. The van der Waals surface area contributed by atoms with Crippen molar-refractivity contribution in [2.24, 2.45) is 4.30 Å². The number of aromatic nitrogens is 10. The third-order valence-corrected chi connectivity index (χ3v) is 27.6. The quantitative estimate of drug-likeness (QED) is 0.0374. The van der Waals surface area contributed by atoms with Gasteiger partial charge in [-0.25, -0.2) is 82.9 Å². The molecule has 0 amide bonds. The molecule has 0 bridgehead atoms. The number of benzene rings is 5. The predicted octanol–water partition coefficient (Wildman–Crippen LogP) is 15.6. The Kier molecular flexibility index (Phi) is 35.3. The molecule has 0 atom stereocenters.